The highest BCUT2D eigenvalue weighted by atomic mass is 19.1. The Kier molecular flexibility index (Phi) is 5.06. The summed E-state index contributed by atoms with van der Waals surface area (Å²) in [6, 6.07) is 8.20. The van der Waals surface area contributed by atoms with Crippen molar-refractivity contribution in [3.63, 3.8) is 0 Å². The minimum absolute atomic E-state index is 0.0322. The summed E-state index contributed by atoms with van der Waals surface area (Å²) in [6.45, 7) is -0.621. The lowest BCUT2D eigenvalue weighted by atomic mass is 10.1. The van der Waals surface area contributed by atoms with E-state index in [1.165, 1.54) is 30.0 Å². The molecule has 0 bridgehead atoms. The summed E-state index contributed by atoms with van der Waals surface area (Å²) in [7, 11) is 1.26. The zero-order valence-corrected chi connectivity index (χ0v) is 13.9. The zero-order chi connectivity index (χ0) is 18.7. The summed E-state index contributed by atoms with van der Waals surface area (Å²) in [5.41, 5.74) is 1.72. The Morgan fingerprint density at radius 3 is 2.73 bits per heavy atom. The summed E-state index contributed by atoms with van der Waals surface area (Å²) >= 11 is 0. The first kappa shape index (κ1) is 17.7. The molecule has 2 aromatic carbocycles. The minimum Gasteiger partial charge on any atom is -0.466 e. The molecular formula is C19H15F3N2O2. The number of carbonyl (C=O) groups excluding carboxylic acids is 1. The number of aromatic nitrogens is 2. The molecule has 26 heavy (non-hydrogen) atoms. The Morgan fingerprint density at radius 1 is 1.23 bits per heavy atom. The topological polar surface area (TPSA) is 44.1 Å². The molecule has 1 aromatic heterocycles. The Hall–Kier alpha value is -3.09. The number of alkyl halides is 1. The first-order valence-electron chi connectivity index (χ1n) is 7.77. The van der Waals surface area contributed by atoms with Crippen LogP contribution in [-0.4, -0.2) is 22.9 Å². The summed E-state index contributed by atoms with van der Waals surface area (Å²) in [6.07, 6.45) is 2.69. The molecule has 0 atom stereocenters. The molecular weight excluding hydrogens is 345 g/mol. The average molecular weight is 360 g/mol. The number of hydrogen-bond acceptors (Lipinski definition) is 3. The molecule has 7 heteroatoms. The predicted molar refractivity (Wildman–Crippen MR) is 91.1 cm³/mol. The van der Waals surface area contributed by atoms with Gasteiger partial charge in [-0.05, 0) is 23.8 Å². The van der Waals surface area contributed by atoms with Crippen LogP contribution in [0.5, 0.6) is 0 Å². The Labute approximate surface area is 147 Å². The van der Waals surface area contributed by atoms with Gasteiger partial charge < -0.3 is 4.74 Å². The van der Waals surface area contributed by atoms with E-state index in [0.717, 1.165) is 12.1 Å². The highest BCUT2D eigenvalue weighted by molar-refractivity contribution is 5.93. The van der Waals surface area contributed by atoms with E-state index in [1.54, 1.807) is 18.2 Å². The van der Waals surface area contributed by atoms with Gasteiger partial charge >= 0.3 is 5.97 Å². The first-order valence-corrected chi connectivity index (χ1v) is 7.77. The predicted octanol–water partition coefficient (Wildman–Crippen LogP) is 4.02. The molecule has 3 rings (SSSR count). The molecule has 0 fully saturated rings. The van der Waals surface area contributed by atoms with E-state index in [4.69, 9.17) is 0 Å². The summed E-state index contributed by atoms with van der Waals surface area (Å²) < 4.78 is 46.1. The van der Waals surface area contributed by atoms with Crippen LogP contribution in [0.15, 0.2) is 42.5 Å². The maximum atomic E-state index is 14.0. The van der Waals surface area contributed by atoms with Gasteiger partial charge in [0.2, 0.25) is 0 Å². The van der Waals surface area contributed by atoms with Crippen molar-refractivity contribution in [1.82, 2.24) is 9.78 Å². The standard InChI is InChI=1S/C19H15F3N2O2/c1-26-19(25)7-6-17-15-5-2-12(10-20)8-18(15)24(23-17)11-13-3-4-14(21)9-16(13)22/h2-9H,10-11H2,1H3/b7-6+. The molecule has 0 saturated carbocycles. The second kappa shape index (κ2) is 7.43. The van der Waals surface area contributed by atoms with Crippen LogP contribution in [0.2, 0.25) is 0 Å². The third kappa shape index (κ3) is 3.61. The lowest BCUT2D eigenvalue weighted by molar-refractivity contribution is -0.134. The average Bonchev–Trinajstić information content (AvgIpc) is 2.98. The van der Waals surface area contributed by atoms with Gasteiger partial charge in [0.25, 0.3) is 0 Å². The van der Waals surface area contributed by atoms with Crippen molar-refractivity contribution in [1.29, 1.82) is 0 Å². The van der Waals surface area contributed by atoms with Gasteiger partial charge in [0.15, 0.2) is 0 Å². The number of methoxy groups -OCH3 is 1. The second-order valence-electron chi connectivity index (χ2n) is 5.62. The molecule has 0 aliphatic rings. The molecule has 0 aliphatic carbocycles. The van der Waals surface area contributed by atoms with Crippen LogP contribution >= 0.6 is 0 Å². The fourth-order valence-corrected chi connectivity index (χ4v) is 2.60. The number of carbonyl (C=O) groups is 1. The van der Waals surface area contributed by atoms with E-state index in [9.17, 15) is 18.0 Å². The fraction of sp³-hybridized carbons (Fsp3) is 0.158. The van der Waals surface area contributed by atoms with Gasteiger partial charge in [-0.25, -0.2) is 18.0 Å². The minimum atomic E-state index is -0.693. The van der Waals surface area contributed by atoms with Crippen molar-refractivity contribution in [2.24, 2.45) is 0 Å². The zero-order valence-electron chi connectivity index (χ0n) is 13.9. The second-order valence-corrected chi connectivity index (χ2v) is 5.62. The number of esters is 1. The van der Waals surface area contributed by atoms with Gasteiger partial charge in [0.05, 0.1) is 24.9 Å². The molecule has 0 radical (unpaired) electrons. The van der Waals surface area contributed by atoms with E-state index in [1.807, 2.05) is 0 Å². The number of halogens is 3. The van der Waals surface area contributed by atoms with Crippen LogP contribution in [0.3, 0.4) is 0 Å². The molecule has 3 aromatic rings. The van der Waals surface area contributed by atoms with E-state index in [-0.39, 0.29) is 12.1 Å². The highest BCUT2D eigenvalue weighted by Crippen LogP contribution is 2.23. The molecule has 0 saturated heterocycles. The van der Waals surface area contributed by atoms with Crippen LogP contribution in [0.25, 0.3) is 17.0 Å². The lowest BCUT2D eigenvalue weighted by Crippen LogP contribution is -2.04. The van der Waals surface area contributed by atoms with Crippen LogP contribution in [0.1, 0.15) is 16.8 Å². The molecule has 0 amide bonds. The van der Waals surface area contributed by atoms with Crippen LogP contribution < -0.4 is 0 Å². The monoisotopic (exact) mass is 360 g/mol. The van der Waals surface area contributed by atoms with Crippen LogP contribution in [0, 0.1) is 11.6 Å². The molecule has 0 N–H and O–H groups in total. The van der Waals surface area contributed by atoms with E-state index in [0.29, 0.717) is 22.2 Å². The molecule has 4 nitrogen and oxygen atoms in total. The maximum absolute atomic E-state index is 14.0. The maximum Gasteiger partial charge on any atom is 0.330 e. The molecule has 1 heterocycles. The quantitative estimate of drug-likeness (QED) is 0.510. The number of benzene rings is 2. The van der Waals surface area contributed by atoms with Crippen molar-refractivity contribution < 1.29 is 22.7 Å². The largest absolute Gasteiger partial charge is 0.466 e. The van der Waals surface area contributed by atoms with E-state index in [2.05, 4.69) is 9.84 Å². The van der Waals surface area contributed by atoms with Crippen molar-refractivity contribution in [2.45, 2.75) is 13.2 Å². The van der Waals surface area contributed by atoms with Crippen LogP contribution in [0.4, 0.5) is 13.2 Å². The van der Waals surface area contributed by atoms with Gasteiger partial charge in [-0.3, -0.25) is 4.68 Å². The highest BCUT2D eigenvalue weighted by Gasteiger charge is 2.13. The number of rotatable bonds is 5. The summed E-state index contributed by atoms with van der Waals surface area (Å²) in [5.74, 6) is -1.91. The number of fused-ring (bicyclic) bond motifs is 1. The van der Waals surface area contributed by atoms with Gasteiger partial charge in [-0.1, -0.05) is 18.2 Å². The van der Waals surface area contributed by atoms with Gasteiger partial charge in [-0.15, -0.1) is 0 Å². The molecule has 0 spiro atoms. The number of hydrogen-bond donors (Lipinski definition) is 0. The van der Waals surface area contributed by atoms with Gasteiger partial charge in [0, 0.05) is 23.1 Å². The van der Waals surface area contributed by atoms with Crippen molar-refractivity contribution in [3.8, 4) is 0 Å². The number of nitrogens with zero attached hydrogens (tertiary/aromatic N) is 2. The van der Waals surface area contributed by atoms with E-state index < -0.39 is 24.3 Å². The molecule has 0 aliphatic heterocycles. The Morgan fingerprint density at radius 2 is 2.04 bits per heavy atom. The number of ether oxygens (including phenoxy) is 1. The fourth-order valence-electron chi connectivity index (χ4n) is 2.60. The Bertz CT molecular complexity index is 996. The van der Waals surface area contributed by atoms with Crippen LogP contribution in [-0.2, 0) is 22.8 Å². The molecule has 134 valence electrons. The van der Waals surface area contributed by atoms with Crippen molar-refractivity contribution >= 4 is 22.9 Å². The van der Waals surface area contributed by atoms with Crippen molar-refractivity contribution in [3.05, 3.63) is 70.9 Å². The smallest absolute Gasteiger partial charge is 0.330 e. The third-order valence-corrected chi connectivity index (χ3v) is 3.91. The lowest BCUT2D eigenvalue weighted by Gasteiger charge is -2.06. The summed E-state index contributed by atoms with van der Waals surface area (Å²) in [5, 5.41) is 5.04. The van der Waals surface area contributed by atoms with E-state index >= 15 is 0 Å². The normalized spacial score (nSPS) is 11.4. The van der Waals surface area contributed by atoms with Gasteiger partial charge in [0.1, 0.15) is 18.3 Å². The van der Waals surface area contributed by atoms with Crippen molar-refractivity contribution in [2.75, 3.05) is 7.11 Å². The Balaban J connectivity index is 2.08. The molecule has 0 unspecified atom stereocenters. The van der Waals surface area contributed by atoms with Gasteiger partial charge in [-0.2, -0.15) is 5.10 Å². The SMILES string of the molecule is COC(=O)/C=C/c1nn(Cc2ccc(F)cc2F)c2cc(CF)ccc12. The third-order valence-electron chi connectivity index (χ3n) is 3.91. The summed E-state index contributed by atoms with van der Waals surface area (Å²) in [4.78, 5) is 11.3. The first-order chi connectivity index (χ1) is 12.5.